The van der Waals surface area contributed by atoms with Crippen molar-refractivity contribution in [3.63, 3.8) is 0 Å². The van der Waals surface area contributed by atoms with E-state index in [0.717, 1.165) is 7.11 Å². The maximum Gasteiger partial charge on any atom is 1.00 e. The average Bonchev–Trinajstić information content (AvgIpc) is 1.79. The van der Waals surface area contributed by atoms with E-state index in [-0.39, 0.29) is 168 Å². The number of ketones is 1. The zero-order valence-electron chi connectivity index (χ0n) is 79.0. The summed E-state index contributed by atoms with van der Waals surface area (Å²) in [4.78, 5) is 156. The summed E-state index contributed by atoms with van der Waals surface area (Å²) >= 11 is 21.0. The maximum absolute atomic E-state index is 11.9. The normalized spacial score (nSPS) is 10.5. The van der Waals surface area contributed by atoms with Gasteiger partial charge in [-0.1, -0.05) is 52.9 Å². The van der Waals surface area contributed by atoms with Crippen molar-refractivity contribution in [2.75, 3.05) is 58.1 Å². The molecule has 42 nitrogen and oxygen atoms in total. The van der Waals surface area contributed by atoms with Gasteiger partial charge in [0.05, 0.1) is 123 Å². The number of halogens is 4. The Morgan fingerprint density at radius 3 is 1.27 bits per heavy atom. The number of methoxy groups -OCH3 is 4. The van der Waals surface area contributed by atoms with E-state index in [1.807, 2.05) is 58.5 Å². The number of aliphatic hydroxyl groups excluding tert-OH is 1. The molecule has 1 aliphatic heterocycles. The molecule has 0 spiro atoms. The van der Waals surface area contributed by atoms with Crippen molar-refractivity contribution in [3.05, 3.63) is 231 Å². The number of pyridine rings is 7. The molecule has 16 aromatic heterocycles. The van der Waals surface area contributed by atoms with Gasteiger partial charge in [-0.15, -0.1) is 0 Å². The molecule has 0 aliphatic carbocycles. The van der Waals surface area contributed by atoms with Crippen LogP contribution in [0.15, 0.2) is 177 Å². The summed E-state index contributed by atoms with van der Waals surface area (Å²) in [7, 11) is 17.7. The second-order valence-electron chi connectivity index (χ2n) is 29.4. The van der Waals surface area contributed by atoms with E-state index in [4.69, 9.17) is 78.4 Å². The number of imidazole rings is 6. The minimum Gasteiger partial charge on any atom is -1.00 e. The van der Waals surface area contributed by atoms with E-state index in [1.165, 1.54) is 123 Å². The molecule has 17 heterocycles. The molecule has 1 amide bonds. The van der Waals surface area contributed by atoms with Gasteiger partial charge in [0.2, 0.25) is 16.5 Å². The number of anilines is 4. The fourth-order valence-corrected chi connectivity index (χ4v) is 29.5. The van der Waals surface area contributed by atoms with Crippen LogP contribution in [0.3, 0.4) is 0 Å². The number of rotatable bonds is 19. The predicted octanol–water partition coefficient (Wildman–Crippen LogP) is 12.5. The number of carbonyl (C=O) groups excluding carboxylic acids is 5. The van der Waals surface area contributed by atoms with Crippen molar-refractivity contribution in [1.29, 1.82) is 0 Å². The van der Waals surface area contributed by atoms with Gasteiger partial charge in [0, 0.05) is 129 Å². The second-order valence-corrected chi connectivity index (χ2v) is 43.8. The molecule has 141 heavy (non-hydrogen) atoms. The smallest absolute Gasteiger partial charge is 1.00 e. The average molecular weight is 2170 g/mol. The topological polar surface area (TPSA) is 582 Å². The Hall–Kier alpha value is -12.4. The first kappa shape index (κ1) is 125. The largest absolute Gasteiger partial charge is 1.00 e. The van der Waals surface area contributed by atoms with E-state index in [9.17, 15) is 33.6 Å². The zero-order chi connectivity index (χ0) is 97.5. The minimum atomic E-state index is -2.21. The molecule has 13 N–H and O–H groups in total. The van der Waals surface area contributed by atoms with Crippen LogP contribution in [0, 0.1) is 0 Å². The van der Waals surface area contributed by atoms with Crippen molar-refractivity contribution in [3.8, 4) is 62.9 Å². The van der Waals surface area contributed by atoms with Gasteiger partial charge in [-0.2, -0.15) is 14.9 Å². The number of aliphatic hydroxyl groups is 1. The Labute approximate surface area is 889 Å². The number of nitrogens with zero attached hydrogens (tertiary/aromatic N) is 23. The summed E-state index contributed by atoms with van der Waals surface area (Å²) in [6, 6.07) is 11.2. The van der Waals surface area contributed by atoms with E-state index in [1.54, 1.807) is 121 Å². The van der Waals surface area contributed by atoms with Gasteiger partial charge in [0.25, 0.3) is 17.1 Å². The fourth-order valence-electron chi connectivity index (χ4n) is 13.2. The number of carbonyl (C=O) groups is 5. The number of nitrogen functional groups attached to an aromatic ring is 3. The summed E-state index contributed by atoms with van der Waals surface area (Å²) in [6.45, 7) is 6.98. The molecule has 0 saturated carbocycles. The van der Waals surface area contributed by atoms with Gasteiger partial charge in [0.15, 0.2) is 10.9 Å². The molecule has 1 unspecified atom stereocenters. The van der Waals surface area contributed by atoms with Crippen molar-refractivity contribution in [1.82, 2.24) is 128 Å². The van der Waals surface area contributed by atoms with Crippen LogP contribution in [0.25, 0.3) is 89.6 Å². The number of unbranched alkanes of at least 4 members (excludes halogenated alkanes) is 3. The van der Waals surface area contributed by atoms with Crippen molar-refractivity contribution in [2.24, 2.45) is 42.3 Å². The Morgan fingerprint density at radius 1 is 0.461 bits per heavy atom. The number of H-pyrrole nitrogens is 2. The number of Topliss-reactive ketones (excluding diaryl/α,β-unsaturated/α-hetero) is 1. The molecule has 17 rings (SSSR count). The first-order valence-corrected chi connectivity index (χ1v) is 50.1. The molecule has 0 saturated heterocycles. The van der Waals surface area contributed by atoms with E-state index < -0.39 is 36.3 Å². The molecule has 49 heteroatoms. The van der Waals surface area contributed by atoms with Gasteiger partial charge in [0.1, 0.15) is 78.6 Å². The quantitative estimate of drug-likeness (QED) is 0.00545. The molecule has 0 radical (unpaired) electrons. The Balaban J connectivity index is 0.00000160. The van der Waals surface area contributed by atoms with Crippen molar-refractivity contribution >= 4 is 163 Å². The van der Waals surface area contributed by atoms with Crippen molar-refractivity contribution in [2.45, 2.75) is 109 Å². The van der Waals surface area contributed by atoms with Crippen molar-refractivity contribution < 1.29 is 102 Å². The van der Waals surface area contributed by atoms with Crippen LogP contribution in [0.2, 0.25) is 34.2 Å². The molecule has 0 fully saturated rings. The monoisotopic (exact) mass is 2170 g/mol. The molecular formula is C92H124Cl4KN30O12PSn. The number of fused-ring (bicyclic) bond motifs is 4. The third kappa shape index (κ3) is 33.4. The molecule has 0 aromatic carbocycles. The SMILES string of the molecule is C.C.C.C.CCC[CH2][Sn]([CH2]CCC)([CH2]CCC)[c]1cn(C)cn1.CO.COC(=O)c1ccnc(-c2cn(C)cn2)c1N.COC(=O)c1ccnc(Cl)c1N.COC(=O)c1ccncc1N.COc1nc2c(-c3cn(C)cn3)nccc2c(=O)[nH]1.Cn1cnc(-c2nccc3c(=O)[nH]c(Cl)nc23)c1.Cn1cnc(-c2nccc3c(Cl)nc(Cl)nc23)c1.Cn1cnc(-c2nccc3c2NC(=O)CC3=O)c1.N.P.[H-].[HH].[K+]. The van der Waals surface area contributed by atoms with Gasteiger partial charge < -0.3 is 77.0 Å². The number of hydrogen-bond donors (Lipinski definition) is 8. The standard InChI is InChI=1S/C12H11N5O2.C12H10N4O2.C11H7Cl2N5.C11H8ClN5O.C11H12N4O2.C7H7ClN2O2.C7H8N2O2.C4H5N2.3C4H9.CH4O.4CH4.K.H3N.H3P.Sn.H2.H/c1-17-5-8(14-6-17)10-9-7(3-4-13-10)11(18)16-12(15-9)19-2;1-16-5-8(14-6-16)12-11-7(2-3-13-12)9(17)4-10(18)15-11;1-18-4-7(15-5-18)9-8-6(2-3-14-9)10(12)17-11(13)16-8;1-17-4-7(14-5-17)9-8-6(2-3-13-9)10(18)16-11(12)15-8;1-15-5-8(14-6-15)10-9(12)7(3-4-13-10)11(16)17-2;1-12-7(11)4-2-3-10-6(8)5(4)9;1-11-7(10)5-2-3-9-4-6(5)8;1-6-3-2-5-4-6;3*1-3-4-2;1-2;;;;;;;;;;/h3-6H,1-2H3,(H,15,16,18);2-3,5-6H,4H2,1H3,(H,15,18);2-5H,1H3;2-5H,1H3,(H,15,16,18);3-6H,12H2,1-2H3;2-3H,9H2,1H3;2-4H,8H2,1H3;3-4H,1H3;3*1,3-4H2,2H3;2H,1H3;4*1H4;;2*1H3;;1H;/q;;;;;;;;;;;;;;;;+1;;;;;-1. The van der Waals surface area contributed by atoms with Gasteiger partial charge in [-0.25, -0.2) is 59.2 Å². The molecular weight excluding hydrogens is 2050 g/mol. The number of aromatic nitrogens is 25. The summed E-state index contributed by atoms with van der Waals surface area (Å²) in [5.41, 5.74) is 26.4. The van der Waals surface area contributed by atoms with Crippen LogP contribution in [0.4, 0.5) is 22.7 Å². The van der Waals surface area contributed by atoms with E-state index in [2.05, 4.69) is 148 Å². The number of aromatic amines is 2. The number of esters is 3. The van der Waals surface area contributed by atoms with Crippen LogP contribution in [-0.4, -0.2) is 211 Å². The first-order chi connectivity index (χ1) is 64.4. The van der Waals surface area contributed by atoms with Crippen LogP contribution in [0.1, 0.15) is 140 Å². The molecule has 1 aliphatic rings. The number of ether oxygens (including phenoxy) is 4. The predicted molar refractivity (Wildman–Crippen MR) is 559 cm³/mol. The molecule has 752 valence electrons. The summed E-state index contributed by atoms with van der Waals surface area (Å²) in [5, 5.41) is 11.8. The Morgan fingerprint density at radius 2 is 0.837 bits per heavy atom. The summed E-state index contributed by atoms with van der Waals surface area (Å²) in [6.07, 6.45) is 42.0. The van der Waals surface area contributed by atoms with Gasteiger partial charge in [-0.3, -0.25) is 59.0 Å². The third-order valence-electron chi connectivity index (χ3n) is 19.8. The Kier molecular flexibility index (Phi) is 53.7. The Bertz CT molecular complexity index is 6890. The first-order valence-electron chi connectivity index (χ1n) is 41.1. The van der Waals surface area contributed by atoms with E-state index >= 15 is 0 Å². The molecule has 0 bridgehead atoms. The number of nitrogens with two attached hydrogens (primary N) is 3. The van der Waals surface area contributed by atoms with Crippen LogP contribution >= 0.6 is 56.3 Å². The summed E-state index contributed by atoms with van der Waals surface area (Å²) < 4.78 is 35.8. The molecule has 16 aromatic rings. The van der Waals surface area contributed by atoms with Gasteiger partial charge >= 0.3 is 193 Å². The minimum absolute atomic E-state index is 0. The second kappa shape index (κ2) is 60.7. The fraction of sp³-hybridized carbons (Fsp3) is 0.304. The van der Waals surface area contributed by atoms with Crippen LogP contribution in [-0.2, 0) is 61.3 Å². The molecule has 1 atom stereocenters. The number of nitrogens with one attached hydrogen (secondary N) is 3. The summed E-state index contributed by atoms with van der Waals surface area (Å²) in [5.74, 6) is -1.94. The van der Waals surface area contributed by atoms with Gasteiger partial charge in [-0.05, 0) is 65.7 Å². The zero-order valence-corrected chi connectivity index (χ0v) is 88.5. The van der Waals surface area contributed by atoms with Crippen LogP contribution in [0.5, 0.6) is 6.01 Å². The number of aryl methyl sites for hydroxylation is 6. The third-order valence-corrected chi connectivity index (χ3v) is 35.8. The van der Waals surface area contributed by atoms with Crippen LogP contribution < -0.4 is 99.6 Å². The maximum atomic E-state index is 11.9. The number of amides is 1. The number of hydrogen-bond acceptors (Lipinski definition) is 33. The van der Waals surface area contributed by atoms with E-state index in [0.29, 0.717) is 123 Å².